The first-order valence-corrected chi connectivity index (χ1v) is 6.26. The molecule has 96 valence electrons. The molecule has 6 heteroatoms. The number of nitrogens with zero attached hydrogens (tertiary/aromatic N) is 2. The molecule has 1 amide bonds. The van der Waals surface area contributed by atoms with E-state index in [4.69, 9.17) is 18.0 Å². The molecule has 1 fully saturated rings. The van der Waals surface area contributed by atoms with E-state index in [1.54, 1.807) is 6.07 Å². The van der Waals surface area contributed by atoms with Crippen LogP contribution in [-0.4, -0.2) is 35.0 Å². The average Bonchev–Trinajstić information content (AvgIpc) is 2.77. The van der Waals surface area contributed by atoms with E-state index in [-0.39, 0.29) is 11.9 Å². The van der Waals surface area contributed by atoms with Crippen molar-refractivity contribution in [2.45, 2.75) is 19.4 Å². The maximum atomic E-state index is 11.0. The first-order valence-electron chi connectivity index (χ1n) is 5.85. The van der Waals surface area contributed by atoms with Gasteiger partial charge in [-0.3, -0.25) is 4.79 Å². The van der Waals surface area contributed by atoms with Gasteiger partial charge in [-0.25, -0.2) is 4.98 Å². The molecule has 5 nitrogen and oxygen atoms in total. The number of pyridine rings is 1. The number of thiocarbonyl (C=S) groups is 1. The van der Waals surface area contributed by atoms with Crippen LogP contribution >= 0.6 is 12.2 Å². The van der Waals surface area contributed by atoms with E-state index in [2.05, 4.69) is 15.2 Å². The third kappa shape index (κ3) is 2.95. The van der Waals surface area contributed by atoms with Crippen LogP contribution in [0.4, 0.5) is 5.82 Å². The number of nitrogens with one attached hydrogen (secondary N) is 1. The largest absolute Gasteiger partial charge is 0.388 e. The number of hydrogen-bond donors (Lipinski definition) is 2. The Kier molecular flexibility index (Phi) is 3.76. The fourth-order valence-electron chi connectivity index (χ4n) is 2.11. The van der Waals surface area contributed by atoms with E-state index in [0.717, 1.165) is 25.3 Å². The second-order valence-corrected chi connectivity index (χ2v) is 4.82. The number of nitrogens with two attached hydrogens (primary N) is 1. The molecule has 0 radical (unpaired) electrons. The molecule has 0 spiro atoms. The van der Waals surface area contributed by atoms with Crippen molar-refractivity contribution in [1.82, 2.24) is 10.3 Å². The number of aromatic nitrogens is 1. The minimum atomic E-state index is 0.00620. The first-order chi connectivity index (χ1) is 8.56. The Morgan fingerprint density at radius 2 is 2.39 bits per heavy atom. The van der Waals surface area contributed by atoms with Crippen LogP contribution in [0.15, 0.2) is 18.2 Å². The monoisotopic (exact) mass is 264 g/mol. The maximum absolute atomic E-state index is 11.0. The summed E-state index contributed by atoms with van der Waals surface area (Å²) in [6, 6.07) is 5.81. The number of anilines is 1. The summed E-state index contributed by atoms with van der Waals surface area (Å²) in [7, 11) is 0. The van der Waals surface area contributed by atoms with E-state index in [0.29, 0.717) is 10.7 Å². The van der Waals surface area contributed by atoms with Crippen molar-refractivity contribution in [3.8, 4) is 0 Å². The minimum Gasteiger partial charge on any atom is -0.388 e. The van der Waals surface area contributed by atoms with Gasteiger partial charge in [-0.05, 0) is 18.6 Å². The van der Waals surface area contributed by atoms with Crippen LogP contribution < -0.4 is 16.0 Å². The van der Waals surface area contributed by atoms with E-state index in [1.807, 2.05) is 12.1 Å². The van der Waals surface area contributed by atoms with Gasteiger partial charge in [0, 0.05) is 26.1 Å². The van der Waals surface area contributed by atoms with Crippen molar-refractivity contribution in [3.05, 3.63) is 23.9 Å². The fourth-order valence-corrected chi connectivity index (χ4v) is 2.22. The molecule has 0 aromatic carbocycles. The van der Waals surface area contributed by atoms with Gasteiger partial charge < -0.3 is 16.0 Å². The number of rotatable bonds is 3. The van der Waals surface area contributed by atoms with Gasteiger partial charge in [-0.2, -0.15) is 0 Å². The van der Waals surface area contributed by atoms with E-state index in [1.165, 1.54) is 6.92 Å². The predicted molar refractivity (Wildman–Crippen MR) is 74.6 cm³/mol. The Morgan fingerprint density at radius 3 is 3.06 bits per heavy atom. The topological polar surface area (TPSA) is 71.2 Å². The van der Waals surface area contributed by atoms with E-state index in [9.17, 15) is 4.79 Å². The Labute approximate surface area is 111 Å². The van der Waals surface area contributed by atoms with Crippen LogP contribution in [0.2, 0.25) is 0 Å². The standard InChI is InChI=1S/C12H16N4OS/c1-8(17)14-9-5-6-16(7-9)11-4-2-3-10(15-11)12(13)18/h2-4,9H,5-7H2,1H3,(H2,13,18)(H,14,17). The Bertz CT molecular complexity index is 477. The van der Waals surface area contributed by atoms with Gasteiger partial charge in [0.15, 0.2) is 0 Å². The van der Waals surface area contributed by atoms with Crippen LogP contribution in [0.1, 0.15) is 19.0 Å². The lowest BCUT2D eigenvalue weighted by Gasteiger charge is -2.18. The zero-order valence-corrected chi connectivity index (χ0v) is 11.0. The van der Waals surface area contributed by atoms with E-state index >= 15 is 0 Å². The van der Waals surface area contributed by atoms with Crippen LogP contribution in [0, 0.1) is 0 Å². The molecule has 1 saturated heterocycles. The molecule has 1 aromatic rings. The van der Waals surface area contributed by atoms with E-state index < -0.39 is 0 Å². The SMILES string of the molecule is CC(=O)NC1CCN(c2cccc(C(N)=S)n2)C1. The molecular formula is C12H16N4OS. The quantitative estimate of drug-likeness (QED) is 0.775. The Hall–Kier alpha value is -1.69. The molecular weight excluding hydrogens is 248 g/mol. The lowest BCUT2D eigenvalue weighted by atomic mass is 10.2. The highest BCUT2D eigenvalue weighted by atomic mass is 32.1. The third-order valence-electron chi connectivity index (χ3n) is 2.91. The number of hydrogen-bond acceptors (Lipinski definition) is 4. The minimum absolute atomic E-state index is 0.00620. The average molecular weight is 264 g/mol. The second kappa shape index (κ2) is 5.30. The van der Waals surface area contributed by atoms with Crippen molar-refractivity contribution < 1.29 is 4.79 Å². The second-order valence-electron chi connectivity index (χ2n) is 4.38. The molecule has 1 unspecified atom stereocenters. The summed E-state index contributed by atoms with van der Waals surface area (Å²) in [5.41, 5.74) is 6.20. The molecule has 0 saturated carbocycles. The predicted octanol–water partition coefficient (Wildman–Crippen LogP) is 0.431. The van der Waals surface area contributed by atoms with Crippen molar-refractivity contribution in [2.24, 2.45) is 5.73 Å². The molecule has 2 heterocycles. The highest BCUT2D eigenvalue weighted by molar-refractivity contribution is 7.80. The van der Waals surface area contributed by atoms with Crippen molar-refractivity contribution in [3.63, 3.8) is 0 Å². The molecule has 1 atom stereocenters. The molecule has 0 bridgehead atoms. The summed E-state index contributed by atoms with van der Waals surface area (Å²) in [6.07, 6.45) is 0.929. The van der Waals surface area contributed by atoms with Crippen molar-refractivity contribution in [2.75, 3.05) is 18.0 Å². The molecule has 1 aromatic heterocycles. The highest BCUT2D eigenvalue weighted by Crippen LogP contribution is 2.18. The molecule has 2 rings (SSSR count). The lowest BCUT2D eigenvalue weighted by molar-refractivity contribution is -0.119. The van der Waals surface area contributed by atoms with Crippen LogP contribution in [-0.2, 0) is 4.79 Å². The zero-order chi connectivity index (χ0) is 13.1. The molecule has 0 aliphatic carbocycles. The summed E-state index contributed by atoms with van der Waals surface area (Å²) in [4.78, 5) is 17.9. The fraction of sp³-hybridized carbons (Fsp3) is 0.417. The van der Waals surface area contributed by atoms with Crippen LogP contribution in [0.5, 0.6) is 0 Å². The van der Waals surface area contributed by atoms with Gasteiger partial charge in [-0.1, -0.05) is 18.3 Å². The number of amides is 1. The maximum Gasteiger partial charge on any atom is 0.217 e. The van der Waals surface area contributed by atoms with Crippen LogP contribution in [0.3, 0.4) is 0 Å². The van der Waals surface area contributed by atoms with Crippen LogP contribution in [0.25, 0.3) is 0 Å². The summed E-state index contributed by atoms with van der Waals surface area (Å²) in [5.74, 6) is 0.861. The van der Waals surface area contributed by atoms with Crippen molar-refractivity contribution >= 4 is 28.9 Å². The normalized spacial score (nSPS) is 18.7. The summed E-state index contributed by atoms with van der Waals surface area (Å²) in [5, 5.41) is 2.92. The number of carbonyl (C=O) groups is 1. The first kappa shape index (κ1) is 12.8. The van der Waals surface area contributed by atoms with Gasteiger partial charge in [0.2, 0.25) is 5.91 Å². The zero-order valence-electron chi connectivity index (χ0n) is 10.2. The number of carbonyl (C=O) groups excluding carboxylic acids is 1. The highest BCUT2D eigenvalue weighted by Gasteiger charge is 2.24. The van der Waals surface area contributed by atoms with Crippen molar-refractivity contribution in [1.29, 1.82) is 0 Å². The Balaban J connectivity index is 2.07. The smallest absolute Gasteiger partial charge is 0.217 e. The van der Waals surface area contributed by atoms with Gasteiger partial charge in [0.05, 0.1) is 5.69 Å². The Morgan fingerprint density at radius 1 is 1.61 bits per heavy atom. The van der Waals surface area contributed by atoms with Gasteiger partial charge in [-0.15, -0.1) is 0 Å². The molecule has 18 heavy (non-hydrogen) atoms. The lowest BCUT2D eigenvalue weighted by Crippen LogP contribution is -2.35. The molecule has 3 N–H and O–H groups in total. The third-order valence-corrected chi connectivity index (χ3v) is 3.12. The summed E-state index contributed by atoms with van der Waals surface area (Å²) < 4.78 is 0. The summed E-state index contributed by atoms with van der Waals surface area (Å²) >= 11 is 4.92. The molecule has 1 aliphatic heterocycles. The van der Waals surface area contributed by atoms with Gasteiger partial charge in [0.1, 0.15) is 10.8 Å². The molecule has 1 aliphatic rings. The van der Waals surface area contributed by atoms with Gasteiger partial charge in [0.25, 0.3) is 0 Å². The summed E-state index contributed by atoms with van der Waals surface area (Å²) in [6.45, 7) is 3.18. The van der Waals surface area contributed by atoms with Gasteiger partial charge >= 0.3 is 0 Å².